The van der Waals surface area contributed by atoms with Gasteiger partial charge in [0.2, 0.25) is 5.91 Å². The molecule has 0 aromatic carbocycles. The minimum atomic E-state index is -0.0441. The van der Waals surface area contributed by atoms with Crippen molar-refractivity contribution in [2.75, 3.05) is 6.54 Å². The van der Waals surface area contributed by atoms with Gasteiger partial charge in [0.1, 0.15) is 11.4 Å². The van der Waals surface area contributed by atoms with Gasteiger partial charge in [0.15, 0.2) is 0 Å². The molecule has 1 saturated heterocycles. The fourth-order valence-corrected chi connectivity index (χ4v) is 5.22. The van der Waals surface area contributed by atoms with Crippen molar-refractivity contribution in [2.24, 2.45) is 0 Å². The number of carbonyl (C=O) groups is 1. The summed E-state index contributed by atoms with van der Waals surface area (Å²) in [6.07, 6.45) is 9.19. The quantitative estimate of drug-likeness (QED) is 0.841. The van der Waals surface area contributed by atoms with Crippen LogP contribution in [0.25, 0.3) is 10.2 Å². The van der Waals surface area contributed by atoms with Crippen molar-refractivity contribution in [3.8, 4) is 0 Å². The van der Waals surface area contributed by atoms with E-state index in [-0.39, 0.29) is 24.1 Å². The first-order valence-electron chi connectivity index (χ1n) is 8.94. The van der Waals surface area contributed by atoms with Gasteiger partial charge in [-0.05, 0) is 57.4 Å². The van der Waals surface area contributed by atoms with Gasteiger partial charge in [0.25, 0.3) is 5.56 Å². The molecule has 0 bridgehead atoms. The molecule has 1 unspecified atom stereocenters. The van der Waals surface area contributed by atoms with Crippen LogP contribution in [-0.2, 0) is 24.2 Å². The van der Waals surface area contributed by atoms with Gasteiger partial charge in [-0.15, -0.1) is 11.3 Å². The second-order valence-electron chi connectivity index (χ2n) is 7.00. The molecular weight excluding hydrogens is 322 g/mol. The minimum absolute atomic E-state index is 0.0366. The smallest absolute Gasteiger partial charge is 0.262 e. The molecule has 1 aliphatic heterocycles. The monoisotopic (exact) mass is 345 g/mol. The molecule has 0 N–H and O–H groups in total. The van der Waals surface area contributed by atoms with Crippen LogP contribution in [0, 0.1) is 0 Å². The summed E-state index contributed by atoms with van der Waals surface area (Å²) in [6.45, 7) is 3.01. The highest BCUT2D eigenvalue weighted by Gasteiger charge is 2.25. The lowest BCUT2D eigenvalue weighted by atomic mass is 9.97. The molecule has 0 spiro atoms. The highest BCUT2D eigenvalue weighted by molar-refractivity contribution is 7.18. The van der Waals surface area contributed by atoms with Crippen molar-refractivity contribution in [1.29, 1.82) is 0 Å². The molecule has 24 heavy (non-hydrogen) atoms. The van der Waals surface area contributed by atoms with Crippen LogP contribution in [0.2, 0.25) is 0 Å². The van der Waals surface area contributed by atoms with E-state index >= 15 is 0 Å². The molecule has 1 atom stereocenters. The van der Waals surface area contributed by atoms with Gasteiger partial charge in [0, 0.05) is 17.5 Å². The third-order valence-corrected chi connectivity index (χ3v) is 6.57. The topological polar surface area (TPSA) is 55.2 Å². The number of hydrogen-bond donors (Lipinski definition) is 0. The zero-order chi connectivity index (χ0) is 16.7. The number of piperidine rings is 1. The summed E-state index contributed by atoms with van der Waals surface area (Å²) in [5.41, 5.74) is 1.14. The molecule has 6 heteroatoms. The minimum Gasteiger partial charge on any atom is -0.338 e. The van der Waals surface area contributed by atoms with Crippen LogP contribution in [-0.4, -0.2) is 32.9 Å². The molecule has 3 heterocycles. The second kappa shape index (κ2) is 6.31. The van der Waals surface area contributed by atoms with Crippen molar-refractivity contribution in [3.63, 3.8) is 0 Å². The number of aryl methyl sites for hydroxylation is 2. The molecule has 2 aromatic heterocycles. The molecule has 1 aliphatic carbocycles. The first-order chi connectivity index (χ1) is 11.6. The van der Waals surface area contributed by atoms with Crippen LogP contribution >= 0.6 is 11.3 Å². The maximum Gasteiger partial charge on any atom is 0.262 e. The number of hydrogen-bond acceptors (Lipinski definition) is 4. The number of amides is 1. The van der Waals surface area contributed by atoms with Gasteiger partial charge < -0.3 is 4.90 Å². The molecule has 2 aliphatic rings. The first-order valence-corrected chi connectivity index (χ1v) is 9.76. The molecule has 5 nitrogen and oxygen atoms in total. The van der Waals surface area contributed by atoms with Crippen LogP contribution in [0.4, 0.5) is 0 Å². The lowest BCUT2D eigenvalue weighted by Gasteiger charge is -2.33. The van der Waals surface area contributed by atoms with E-state index in [9.17, 15) is 9.59 Å². The normalized spacial score (nSPS) is 21.0. The van der Waals surface area contributed by atoms with Gasteiger partial charge in [-0.3, -0.25) is 14.2 Å². The van der Waals surface area contributed by atoms with Crippen LogP contribution in [0.3, 0.4) is 0 Å². The van der Waals surface area contributed by atoms with Crippen LogP contribution in [0.15, 0.2) is 11.1 Å². The number of fused-ring (bicyclic) bond motifs is 3. The van der Waals surface area contributed by atoms with Crippen molar-refractivity contribution < 1.29 is 4.79 Å². The SMILES string of the molecule is CC1CCCCN1C(=O)Cn1cnc2sc3c(c2c1=O)CCCC3. The number of likely N-dealkylation sites (tertiary alicyclic amines) is 1. The molecule has 0 radical (unpaired) electrons. The Bertz CT molecular complexity index is 839. The largest absolute Gasteiger partial charge is 0.338 e. The summed E-state index contributed by atoms with van der Waals surface area (Å²) in [7, 11) is 0. The van der Waals surface area contributed by atoms with Gasteiger partial charge in [-0.1, -0.05) is 0 Å². The number of thiophene rings is 1. The summed E-state index contributed by atoms with van der Waals surface area (Å²) >= 11 is 1.65. The molecule has 1 amide bonds. The van der Waals surface area contributed by atoms with E-state index in [1.165, 1.54) is 27.8 Å². The summed E-state index contributed by atoms with van der Waals surface area (Å²) in [5, 5.41) is 0.761. The number of rotatable bonds is 2. The Morgan fingerprint density at radius 1 is 1.29 bits per heavy atom. The summed E-state index contributed by atoms with van der Waals surface area (Å²) in [5.74, 6) is 0.0366. The zero-order valence-corrected chi connectivity index (χ0v) is 14.9. The lowest BCUT2D eigenvalue weighted by molar-refractivity contribution is -0.135. The van der Waals surface area contributed by atoms with E-state index in [2.05, 4.69) is 11.9 Å². The summed E-state index contributed by atoms with van der Waals surface area (Å²) < 4.78 is 1.51. The Labute approximate surface area is 145 Å². The predicted octanol–water partition coefficient (Wildman–Crippen LogP) is 2.74. The summed E-state index contributed by atoms with van der Waals surface area (Å²) in [4.78, 5) is 34.1. The molecule has 2 aromatic rings. The molecule has 0 saturated carbocycles. The molecule has 1 fully saturated rings. The third kappa shape index (κ3) is 2.66. The third-order valence-electron chi connectivity index (χ3n) is 5.37. The van der Waals surface area contributed by atoms with Crippen LogP contribution in [0.5, 0.6) is 0 Å². The van der Waals surface area contributed by atoms with Crippen molar-refractivity contribution >= 4 is 27.5 Å². The van der Waals surface area contributed by atoms with E-state index in [0.717, 1.165) is 48.9 Å². The number of aromatic nitrogens is 2. The van der Waals surface area contributed by atoms with Gasteiger partial charge in [-0.2, -0.15) is 0 Å². The second-order valence-corrected chi connectivity index (χ2v) is 8.08. The molecule has 4 rings (SSSR count). The number of nitrogens with zero attached hydrogens (tertiary/aromatic N) is 3. The van der Waals surface area contributed by atoms with E-state index < -0.39 is 0 Å². The van der Waals surface area contributed by atoms with Crippen LogP contribution < -0.4 is 5.56 Å². The van der Waals surface area contributed by atoms with Gasteiger partial charge in [-0.25, -0.2) is 4.98 Å². The Morgan fingerprint density at radius 3 is 2.96 bits per heavy atom. The van der Waals surface area contributed by atoms with Gasteiger partial charge in [0.05, 0.1) is 11.7 Å². The fourth-order valence-electron chi connectivity index (χ4n) is 4.00. The Kier molecular flexibility index (Phi) is 4.16. The average Bonchev–Trinajstić information content (AvgIpc) is 2.97. The van der Waals surface area contributed by atoms with Gasteiger partial charge >= 0.3 is 0 Å². The van der Waals surface area contributed by atoms with Crippen LogP contribution in [0.1, 0.15) is 49.5 Å². The van der Waals surface area contributed by atoms with Crippen molar-refractivity contribution in [1.82, 2.24) is 14.5 Å². The Hall–Kier alpha value is -1.69. The zero-order valence-electron chi connectivity index (χ0n) is 14.1. The maximum absolute atomic E-state index is 12.9. The van der Waals surface area contributed by atoms with Crippen molar-refractivity contribution in [3.05, 3.63) is 27.1 Å². The lowest BCUT2D eigenvalue weighted by Crippen LogP contribution is -2.44. The van der Waals surface area contributed by atoms with E-state index in [1.807, 2.05) is 4.90 Å². The van der Waals surface area contributed by atoms with Crippen molar-refractivity contribution in [2.45, 2.75) is 64.5 Å². The first kappa shape index (κ1) is 15.8. The summed E-state index contributed by atoms with van der Waals surface area (Å²) in [6, 6.07) is 0.271. The predicted molar refractivity (Wildman–Crippen MR) is 95.5 cm³/mol. The van der Waals surface area contributed by atoms with E-state index in [0.29, 0.717) is 0 Å². The Balaban J connectivity index is 1.66. The highest BCUT2D eigenvalue weighted by atomic mass is 32.1. The Morgan fingerprint density at radius 2 is 2.12 bits per heavy atom. The number of carbonyl (C=O) groups excluding carboxylic acids is 1. The molecular formula is C18H23N3O2S. The standard InChI is InChI=1S/C18H23N3O2S/c1-12-6-4-5-9-21(12)15(22)10-20-11-19-17-16(18(20)23)13-7-2-3-8-14(13)24-17/h11-12H,2-10H2,1H3. The highest BCUT2D eigenvalue weighted by Crippen LogP contribution is 2.33. The van der Waals surface area contributed by atoms with E-state index in [1.54, 1.807) is 17.7 Å². The average molecular weight is 345 g/mol. The van der Waals surface area contributed by atoms with E-state index in [4.69, 9.17) is 0 Å². The maximum atomic E-state index is 12.9. The molecule has 128 valence electrons. The fraction of sp³-hybridized carbons (Fsp3) is 0.611.